The summed E-state index contributed by atoms with van der Waals surface area (Å²) >= 11 is 0. The molecule has 0 radical (unpaired) electrons. The zero-order valence-electron chi connectivity index (χ0n) is 9.14. The van der Waals surface area contributed by atoms with Crippen LogP contribution in [0.1, 0.15) is 17.3 Å². The minimum Gasteiger partial charge on any atom is -0.515 e. The van der Waals surface area contributed by atoms with E-state index in [-0.39, 0.29) is 16.9 Å². The molecule has 1 aliphatic rings. The predicted molar refractivity (Wildman–Crippen MR) is 57.5 cm³/mol. The largest absolute Gasteiger partial charge is 0.515 e. The van der Waals surface area contributed by atoms with Gasteiger partial charge in [0.2, 0.25) is 12.1 Å². The number of Topliss-reactive ketones (excluding diaryl/α,β-unsaturated/α-hetero) is 1. The Kier molecular flexibility index (Phi) is 3.10. The van der Waals surface area contributed by atoms with E-state index in [1.807, 2.05) is 0 Å². The van der Waals surface area contributed by atoms with E-state index >= 15 is 0 Å². The van der Waals surface area contributed by atoms with Crippen molar-refractivity contribution in [2.24, 2.45) is 0 Å². The standard InChI is InChI=1S/C12H11FO4/c1-2-16-12-9(6-14)11(15)8-4-3-7(13)5-10(8)17-12/h3-6,12,14H,2H2,1H3/b9-6+. The Bertz CT molecular complexity index is 481. The molecule has 1 aliphatic heterocycles. The molecule has 1 atom stereocenters. The van der Waals surface area contributed by atoms with Crippen LogP contribution in [-0.2, 0) is 4.74 Å². The highest BCUT2D eigenvalue weighted by Crippen LogP contribution is 2.31. The number of carbonyl (C=O) groups is 1. The highest BCUT2D eigenvalue weighted by atomic mass is 19.1. The van der Waals surface area contributed by atoms with Crippen LogP contribution in [0.4, 0.5) is 4.39 Å². The number of carbonyl (C=O) groups excluding carboxylic acids is 1. The molecule has 0 aliphatic carbocycles. The zero-order chi connectivity index (χ0) is 12.4. The fraction of sp³-hybridized carbons (Fsp3) is 0.250. The zero-order valence-corrected chi connectivity index (χ0v) is 9.14. The number of aliphatic hydroxyl groups is 1. The van der Waals surface area contributed by atoms with E-state index in [0.717, 1.165) is 12.1 Å². The number of hydrogen-bond acceptors (Lipinski definition) is 4. The van der Waals surface area contributed by atoms with Gasteiger partial charge in [-0.25, -0.2) is 4.39 Å². The number of ketones is 1. The number of halogens is 1. The third kappa shape index (κ3) is 2.01. The lowest BCUT2D eigenvalue weighted by Crippen LogP contribution is -2.32. The maximum absolute atomic E-state index is 13.0. The third-order valence-corrected chi connectivity index (χ3v) is 2.40. The molecular weight excluding hydrogens is 227 g/mol. The lowest BCUT2D eigenvalue weighted by Gasteiger charge is -2.26. The summed E-state index contributed by atoms with van der Waals surface area (Å²) in [5.41, 5.74) is 0.216. The molecule has 0 amide bonds. The van der Waals surface area contributed by atoms with Crippen molar-refractivity contribution in [1.82, 2.24) is 0 Å². The van der Waals surface area contributed by atoms with Crippen LogP contribution < -0.4 is 4.74 Å². The maximum Gasteiger partial charge on any atom is 0.233 e. The number of ether oxygens (including phenoxy) is 2. The SMILES string of the molecule is CCOC1Oc2cc(F)ccc2C(=O)/C1=C\O. The minimum absolute atomic E-state index is 0.00552. The van der Waals surface area contributed by atoms with Gasteiger partial charge in [-0.1, -0.05) is 0 Å². The molecule has 0 spiro atoms. The summed E-state index contributed by atoms with van der Waals surface area (Å²) in [4.78, 5) is 11.9. The molecule has 0 fully saturated rings. The van der Waals surface area contributed by atoms with Gasteiger partial charge in [-0.3, -0.25) is 4.79 Å². The first-order valence-electron chi connectivity index (χ1n) is 5.14. The fourth-order valence-electron chi connectivity index (χ4n) is 1.62. The summed E-state index contributed by atoms with van der Waals surface area (Å²) in [6.45, 7) is 2.03. The number of hydrogen-bond donors (Lipinski definition) is 1. The molecule has 4 nitrogen and oxygen atoms in total. The average molecular weight is 238 g/mol. The fourth-order valence-corrected chi connectivity index (χ4v) is 1.62. The quantitative estimate of drug-likeness (QED) is 0.634. The second-order valence-corrected chi connectivity index (χ2v) is 3.46. The highest BCUT2D eigenvalue weighted by molar-refractivity contribution is 6.11. The lowest BCUT2D eigenvalue weighted by molar-refractivity contribution is -0.0522. The molecule has 0 bridgehead atoms. The van der Waals surface area contributed by atoms with Gasteiger partial charge in [0.05, 0.1) is 11.8 Å². The molecule has 0 aromatic heterocycles. The molecule has 1 aromatic rings. The third-order valence-electron chi connectivity index (χ3n) is 2.40. The van der Waals surface area contributed by atoms with Crippen LogP contribution in [0.25, 0.3) is 0 Å². The van der Waals surface area contributed by atoms with Crippen molar-refractivity contribution < 1.29 is 23.8 Å². The van der Waals surface area contributed by atoms with E-state index in [1.165, 1.54) is 6.07 Å². The summed E-state index contributed by atoms with van der Waals surface area (Å²) in [7, 11) is 0. The Hall–Kier alpha value is -1.88. The van der Waals surface area contributed by atoms with Crippen LogP contribution in [0.2, 0.25) is 0 Å². The minimum atomic E-state index is -0.994. The summed E-state index contributed by atoms with van der Waals surface area (Å²) in [6.07, 6.45) is -0.332. The average Bonchev–Trinajstić information content (AvgIpc) is 2.29. The van der Waals surface area contributed by atoms with E-state index in [4.69, 9.17) is 14.6 Å². The van der Waals surface area contributed by atoms with Gasteiger partial charge in [-0.2, -0.15) is 0 Å². The Morgan fingerprint density at radius 2 is 2.35 bits per heavy atom. The van der Waals surface area contributed by atoms with Crippen molar-refractivity contribution in [1.29, 1.82) is 0 Å². The van der Waals surface area contributed by atoms with Crippen molar-refractivity contribution >= 4 is 5.78 Å². The van der Waals surface area contributed by atoms with Crippen LogP contribution in [0.5, 0.6) is 5.75 Å². The first-order chi connectivity index (χ1) is 8.17. The Morgan fingerprint density at radius 1 is 1.59 bits per heavy atom. The molecular formula is C12H11FO4. The first-order valence-corrected chi connectivity index (χ1v) is 5.14. The normalized spacial score (nSPS) is 21.2. The Labute approximate surface area is 97.3 Å². The molecule has 1 N–H and O–H groups in total. The molecule has 1 heterocycles. The van der Waals surface area contributed by atoms with Gasteiger partial charge in [-0.05, 0) is 19.1 Å². The van der Waals surface area contributed by atoms with Crippen LogP contribution in [0.3, 0.4) is 0 Å². The van der Waals surface area contributed by atoms with Gasteiger partial charge >= 0.3 is 0 Å². The Balaban J connectivity index is 2.45. The second-order valence-electron chi connectivity index (χ2n) is 3.46. The topological polar surface area (TPSA) is 55.8 Å². The molecule has 90 valence electrons. The van der Waals surface area contributed by atoms with Gasteiger partial charge < -0.3 is 14.6 Å². The maximum atomic E-state index is 13.0. The first kappa shape index (κ1) is 11.6. The van der Waals surface area contributed by atoms with Gasteiger partial charge in [0.25, 0.3) is 0 Å². The van der Waals surface area contributed by atoms with Crippen LogP contribution >= 0.6 is 0 Å². The molecule has 1 unspecified atom stereocenters. The smallest absolute Gasteiger partial charge is 0.233 e. The number of benzene rings is 1. The van der Waals surface area contributed by atoms with Gasteiger partial charge in [0.15, 0.2) is 0 Å². The Morgan fingerprint density at radius 3 is 3.00 bits per heavy atom. The monoisotopic (exact) mass is 238 g/mol. The number of fused-ring (bicyclic) bond motifs is 1. The van der Waals surface area contributed by atoms with Crippen LogP contribution in [0, 0.1) is 5.82 Å². The summed E-state index contributed by atoms with van der Waals surface area (Å²) in [6, 6.07) is 3.60. The molecule has 0 saturated heterocycles. The van der Waals surface area contributed by atoms with E-state index in [0.29, 0.717) is 12.9 Å². The van der Waals surface area contributed by atoms with Gasteiger partial charge in [0.1, 0.15) is 17.1 Å². The van der Waals surface area contributed by atoms with Crippen molar-refractivity contribution in [2.75, 3.05) is 6.61 Å². The van der Waals surface area contributed by atoms with Gasteiger partial charge in [0, 0.05) is 12.7 Å². The van der Waals surface area contributed by atoms with Crippen molar-refractivity contribution in [2.45, 2.75) is 13.2 Å². The molecule has 2 rings (SSSR count). The summed E-state index contributed by atoms with van der Waals surface area (Å²) < 4.78 is 23.5. The van der Waals surface area contributed by atoms with E-state index in [9.17, 15) is 9.18 Å². The molecule has 1 aromatic carbocycles. The van der Waals surface area contributed by atoms with E-state index in [2.05, 4.69) is 0 Å². The summed E-state index contributed by atoms with van der Waals surface area (Å²) in [5, 5.41) is 9.02. The molecule has 17 heavy (non-hydrogen) atoms. The predicted octanol–water partition coefficient (Wildman–Crippen LogP) is 2.21. The van der Waals surface area contributed by atoms with Crippen LogP contribution in [-0.4, -0.2) is 23.8 Å². The second kappa shape index (κ2) is 4.55. The van der Waals surface area contributed by atoms with E-state index in [1.54, 1.807) is 6.92 Å². The van der Waals surface area contributed by atoms with Crippen molar-refractivity contribution in [3.05, 3.63) is 41.4 Å². The van der Waals surface area contributed by atoms with Crippen molar-refractivity contribution in [3.63, 3.8) is 0 Å². The van der Waals surface area contributed by atoms with Crippen LogP contribution in [0.15, 0.2) is 30.0 Å². The molecule has 5 heteroatoms. The van der Waals surface area contributed by atoms with Crippen molar-refractivity contribution in [3.8, 4) is 5.75 Å². The highest BCUT2D eigenvalue weighted by Gasteiger charge is 2.32. The summed E-state index contributed by atoms with van der Waals surface area (Å²) in [5.74, 6) is -0.797. The number of aliphatic hydroxyl groups excluding tert-OH is 1. The lowest BCUT2D eigenvalue weighted by atomic mass is 10.00. The van der Waals surface area contributed by atoms with E-state index < -0.39 is 17.9 Å². The number of rotatable bonds is 2. The van der Waals surface area contributed by atoms with Gasteiger partial charge in [-0.15, -0.1) is 0 Å². The molecule has 0 saturated carbocycles.